The molecule has 0 spiro atoms. The van der Waals surface area contributed by atoms with Gasteiger partial charge >= 0.3 is 0 Å². The first-order chi connectivity index (χ1) is 5.54. The van der Waals surface area contributed by atoms with E-state index in [4.69, 9.17) is 15.3 Å². The van der Waals surface area contributed by atoms with Gasteiger partial charge in [0.05, 0.1) is 24.1 Å². The molecule has 0 aliphatic heterocycles. The summed E-state index contributed by atoms with van der Waals surface area (Å²) in [6, 6.07) is 0. The van der Waals surface area contributed by atoms with Crippen LogP contribution in [0.5, 0.6) is 0 Å². The Balaban J connectivity index is 4.07. The number of rotatable bonds is 5. The Bertz CT molecular complexity index is 144. The minimum absolute atomic E-state index is 0.581. The lowest BCUT2D eigenvalue weighted by atomic mass is 10.1. The molecular weight excluding hydrogens is 200 g/mol. The molecule has 6 heteroatoms. The summed E-state index contributed by atoms with van der Waals surface area (Å²) in [4.78, 5) is 0. The molecule has 0 aromatic heterocycles. The molecule has 0 rings (SSSR count). The fraction of sp³-hybridized carbons (Fsp3) is 0.833. The lowest BCUT2D eigenvalue weighted by Crippen LogP contribution is -2.43. The largest absolute Gasteiger partial charge is 0.394 e. The maximum absolute atomic E-state index is 9.18. The van der Waals surface area contributed by atoms with Gasteiger partial charge in [-0.25, -0.2) is 0 Å². The summed E-state index contributed by atoms with van der Waals surface area (Å²) in [7, 11) is 0. The third-order valence-corrected chi connectivity index (χ3v) is 2.31. The fourth-order valence-electron chi connectivity index (χ4n) is 0.618. The highest BCUT2D eigenvalue weighted by Gasteiger charge is 2.27. The Labute approximate surface area is 81.3 Å². The zero-order valence-electron chi connectivity index (χ0n) is 6.24. The summed E-state index contributed by atoms with van der Waals surface area (Å²) in [5.74, 6) is 0. The molecule has 0 aromatic rings. The van der Waals surface area contributed by atoms with Crippen molar-refractivity contribution in [2.75, 3.05) is 6.61 Å². The van der Waals surface area contributed by atoms with Crippen LogP contribution in [0.3, 0.4) is 0 Å². The van der Waals surface area contributed by atoms with Gasteiger partial charge in [0.25, 0.3) is 0 Å². The van der Waals surface area contributed by atoms with Crippen LogP contribution in [-0.4, -0.2) is 56.0 Å². The molecule has 0 amide bonds. The molecule has 0 aliphatic carbocycles. The molecule has 0 heterocycles. The summed E-state index contributed by atoms with van der Waals surface area (Å²) < 4.78 is 0. The van der Waals surface area contributed by atoms with Crippen molar-refractivity contribution in [1.29, 1.82) is 0 Å². The number of hydrogen-bond acceptors (Lipinski definition) is 6. The Hall–Kier alpha value is 0.280. The topological polar surface area (TPSA) is 80.9 Å². The summed E-state index contributed by atoms with van der Waals surface area (Å²) in [6.45, 7) is -0.581. The van der Waals surface area contributed by atoms with Gasteiger partial charge in [0, 0.05) is 5.37 Å². The minimum atomic E-state index is -1.31. The number of thiol groups is 1. The van der Waals surface area contributed by atoms with Crippen LogP contribution in [0.15, 0.2) is 0 Å². The van der Waals surface area contributed by atoms with Crippen molar-refractivity contribution in [3.63, 3.8) is 0 Å². The second kappa shape index (κ2) is 5.85. The normalized spacial score (nSPS) is 21.1. The molecule has 0 saturated carbocycles. The summed E-state index contributed by atoms with van der Waals surface area (Å²) in [5, 5.41) is 35.8. The molecular formula is C6H12O4S2. The van der Waals surface area contributed by atoms with E-state index in [9.17, 15) is 5.11 Å². The molecule has 0 radical (unpaired) electrons. The Morgan fingerprint density at radius 3 is 2.17 bits per heavy atom. The first-order valence-electron chi connectivity index (χ1n) is 3.33. The molecule has 0 bridgehead atoms. The van der Waals surface area contributed by atoms with Crippen molar-refractivity contribution in [3.05, 3.63) is 0 Å². The fourth-order valence-corrected chi connectivity index (χ4v) is 1.19. The first-order valence-corrected chi connectivity index (χ1v) is 4.31. The molecule has 0 saturated heterocycles. The van der Waals surface area contributed by atoms with Gasteiger partial charge in [-0.05, 0) is 0 Å². The van der Waals surface area contributed by atoms with Crippen LogP contribution in [0.2, 0.25) is 0 Å². The molecule has 12 heavy (non-hydrogen) atoms. The van der Waals surface area contributed by atoms with Crippen LogP contribution < -0.4 is 0 Å². The van der Waals surface area contributed by atoms with Crippen molar-refractivity contribution < 1.29 is 20.4 Å². The van der Waals surface area contributed by atoms with Gasteiger partial charge in [0.2, 0.25) is 0 Å². The monoisotopic (exact) mass is 212 g/mol. The second-order valence-corrected chi connectivity index (χ2v) is 3.23. The van der Waals surface area contributed by atoms with Crippen molar-refractivity contribution >= 4 is 30.2 Å². The van der Waals surface area contributed by atoms with Crippen LogP contribution >= 0.6 is 24.8 Å². The maximum atomic E-state index is 9.18. The van der Waals surface area contributed by atoms with Crippen molar-refractivity contribution in [3.8, 4) is 0 Å². The second-order valence-electron chi connectivity index (χ2n) is 2.36. The van der Waals surface area contributed by atoms with Crippen LogP contribution in [0.25, 0.3) is 0 Å². The zero-order chi connectivity index (χ0) is 9.72. The van der Waals surface area contributed by atoms with E-state index in [-0.39, 0.29) is 0 Å². The standard InChI is InChI=1S/C6H12O4S2/c7-1-3(8)5(10)6(12)4(9)2-11/h2-10,12H,1H2/t3-,4+,5-,6+/m1/s1. The van der Waals surface area contributed by atoms with Crippen molar-refractivity contribution in [2.45, 2.75) is 23.6 Å². The summed E-state index contributed by atoms with van der Waals surface area (Å²) >= 11 is 8.24. The van der Waals surface area contributed by atoms with E-state index in [1.54, 1.807) is 0 Å². The van der Waals surface area contributed by atoms with Gasteiger partial charge in [0.15, 0.2) is 0 Å². The average molecular weight is 212 g/mol. The summed E-state index contributed by atoms with van der Waals surface area (Å²) in [6.07, 6.45) is -3.69. The van der Waals surface area contributed by atoms with E-state index >= 15 is 0 Å². The van der Waals surface area contributed by atoms with Gasteiger partial charge < -0.3 is 20.4 Å². The van der Waals surface area contributed by atoms with E-state index in [1.807, 2.05) is 0 Å². The molecule has 4 nitrogen and oxygen atoms in total. The van der Waals surface area contributed by atoms with Crippen LogP contribution in [0.1, 0.15) is 0 Å². The van der Waals surface area contributed by atoms with E-state index in [2.05, 4.69) is 24.8 Å². The van der Waals surface area contributed by atoms with Crippen molar-refractivity contribution in [1.82, 2.24) is 0 Å². The predicted octanol–water partition coefficient (Wildman–Crippen LogP) is -1.64. The molecule has 4 N–H and O–H groups in total. The third kappa shape index (κ3) is 3.34. The molecule has 4 atom stereocenters. The highest BCUT2D eigenvalue weighted by molar-refractivity contribution is 7.81. The van der Waals surface area contributed by atoms with Crippen molar-refractivity contribution in [2.24, 2.45) is 0 Å². The number of hydrogen-bond donors (Lipinski definition) is 5. The molecule has 0 aromatic carbocycles. The quantitative estimate of drug-likeness (QED) is 0.279. The smallest absolute Gasteiger partial charge is 0.104 e. The van der Waals surface area contributed by atoms with E-state index in [0.717, 1.165) is 5.37 Å². The molecule has 0 fully saturated rings. The highest BCUT2D eigenvalue weighted by atomic mass is 32.1. The average Bonchev–Trinajstić information content (AvgIpc) is 2.12. The number of thiocarbonyl (C=S) groups is 1. The van der Waals surface area contributed by atoms with Gasteiger partial charge in [-0.3, -0.25) is 0 Å². The van der Waals surface area contributed by atoms with Crippen LogP contribution in [-0.2, 0) is 0 Å². The maximum Gasteiger partial charge on any atom is 0.104 e. The van der Waals surface area contributed by atoms with Crippen LogP contribution in [0.4, 0.5) is 0 Å². The van der Waals surface area contributed by atoms with Gasteiger partial charge in [-0.15, -0.1) is 0 Å². The van der Waals surface area contributed by atoms with E-state index in [0.29, 0.717) is 0 Å². The zero-order valence-corrected chi connectivity index (χ0v) is 7.95. The Morgan fingerprint density at radius 2 is 1.83 bits per heavy atom. The highest BCUT2D eigenvalue weighted by Crippen LogP contribution is 2.10. The molecule has 0 aliphatic rings. The van der Waals surface area contributed by atoms with Gasteiger partial charge in [-0.2, -0.15) is 12.6 Å². The first kappa shape index (κ1) is 12.3. The Kier molecular flexibility index (Phi) is 5.98. The predicted molar refractivity (Wildman–Crippen MR) is 51.5 cm³/mol. The molecule has 72 valence electrons. The lowest BCUT2D eigenvalue weighted by molar-refractivity contribution is -0.0240. The lowest BCUT2D eigenvalue weighted by Gasteiger charge is -2.23. The van der Waals surface area contributed by atoms with Gasteiger partial charge in [0.1, 0.15) is 6.10 Å². The summed E-state index contributed by atoms with van der Waals surface area (Å²) in [5.41, 5.74) is 0. The van der Waals surface area contributed by atoms with E-state index < -0.39 is 30.2 Å². The SMILES string of the molecule is OC[C@@H](O)[C@@H](O)[C@@H](S)[C@@H](O)C=S. The third-order valence-electron chi connectivity index (χ3n) is 1.42. The number of aliphatic hydroxyl groups is 4. The number of aliphatic hydroxyl groups excluding tert-OH is 4. The van der Waals surface area contributed by atoms with Gasteiger partial charge in [-0.1, -0.05) is 12.2 Å². The minimum Gasteiger partial charge on any atom is -0.394 e. The van der Waals surface area contributed by atoms with Crippen LogP contribution in [0, 0.1) is 0 Å². The Morgan fingerprint density at radius 1 is 1.33 bits per heavy atom. The molecule has 0 unspecified atom stereocenters. The van der Waals surface area contributed by atoms with E-state index in [1.165, 1.54) is 0 Å².